The van der Waals surface area contributed by atoms with Gasteiger partial charge >= 0.3 is 0 Å². The number of piperazine rings is 1. The van der Waals surface area contributed by atoms with Gasteiger partial charge in [0.15, 0.2) is 0 Å². The van der Waals surface area contributed by atoms with E-state index < -0.39 is 0 Å². The van der Waals surface area contributed by atoms with Crippen LogP contribution in [0.15, 0.2) is 30.3 Å². The molecule has 1 fully saturated rings. The average Bonchev–Trinajstić information content (AvgIpc) is 2.40. The predicted octanol–water partition coefficient (Wildman–Crippen LogP) is 2.82. The van der Waals surface area contributed by atoms with Gasteiger partial charge in [0.1, 0.15) is 0 Å². The molecule has 1 aliphatic heterocycles. The van der Waals surface area contributed by atoms with Gasteiger partial charge in [-0.2, -0.15) is 0 Å². The summed E-state index contributed by atoms with van der Waals surface area (Å²) in [4.78, 5) is 2.65. The molecule has 1 aliphatic rings. The molecular weight excluding hydrogens is 208 g/mol. The zero-order valence-corrected chi connectivity index (χ0v) is 11.0. The third kappa shape index (κ3) is 3.08. The lowest BCUT2D eigenvalue weighted by molar-refractivity contribution is 0.127. The van der Waals surface area contributed by atoms with Crippen molar-refractivity contribution in [2.75, 3.05) is 19.6 Å². The Hall–Kier alpha value is -0.860. The Morgan fingerprint density at radius 1 is 1.24 bits per heavy atom. The van der Waals surface area contributed by atoms with Gasteiger partial charge in [-0.25, -0.2) is 0 Å². The highest BCUT2D eigenvalue weighted by atomic mass is 15.2. The van der Waals surface area contributed by atoms with E-state index in [2.05, 4.69) is 54.4 Å². The summed E-state index contributed by atoms with van der Waals surface area (Å²) in [5.74, 6) is 0. The standard InChI is InChI=1S/C15H24N2/c1-3-10-17-12-15(16-11-14(17)4-2)13-8-6-5-7-9-13/h5-9,14-16H,3-4,10-12H2,1-2H3. The highest BCUT2D eigenvalue weighted by molar-refractivity contribution is 5.20. The third-order valence-electron chi connectivity index (χ3n) is 3.72. The van der Waals surface area contributed by atoms with Crippen molar-refractivity contribution in [3.63, 3.8) is 0 Å². The van der Waals surface area contributed by atoms with Crippen molar-refractivity contribution in [2.24, 2.45) is 0 Å². The molecule has 0 aromatic heterocycles. The first-order chi connectivity index (χ1) is 8.35. The van der Waals surface area contributed by atoms with Crippen LogP contribution in [0.25, 0.3) is 0 Å². The minimum Gasteiger partial charge on any atom is -0.307 e. The Balaban J connectivity index is 2.03. The molecule has 2 atom stereocenters. The molecule has 0 amide bonds. The fraction of sp³-hybridized carbons (Fsp3) is 0.600. The first kappa shape index (κ1) is 12.6. The lowest BCUT2D eigenvalue weighted by Gasteiger charge is -2.40. The smallest absolute Gasteiger partial charge is 0.0449 e. The fourth-order valence-corrected chi connectivity index (χ4v) is 2.73. The summed E-state index contributed by atoms with van der Waals surface area (Å²) in [5.41, 5.74) is 1.42. The van der Waals surface area contributed by atoms with Crippen LogP contribution in [0, 0.1) is 0 Å². The van der Waals surface area contributed by atoms with Gasteiger partial charge < -0.3 is 5.32 Å². The Morgan fingerprint density at radius 3 is 2.65 bits per heavy atom. The molecular formula is C15H24N2. The molecule has 0 aliphatic carbocycles. The molecule has 1 aromatic carbocycles. The van der Waals surface area contributed by atoms with Gasteiger partial charge in [-0.05, 0) is 24.9 Å². The molecule has 2 unspecified atom stereocenters. The molecule has 1 N–H and O–H groups in total. The van der Waals surface area contributed by atoms with Crippen molar-refractivity contribution in [1.29, 1.82) is 0 Å². The molecule has 17 heavy (non-hydrogen) atoms. The van der Waals surface area contributed by atoms with E-state index in [0.717, 1.165) is 19.1 Å². The Bertz CT molecular complexity index is 323. The molecule has 0 radical (unpaired) electrons. The van der Waals surface area contributed by atoms with E-state index >= 15 is 0 Å². The molecule has 2 nitrogen and oxygen atoms in total. The minimum atomic E-state index is 0.505. The first-order valence-electron chi connectivity index (χ1n) is 6.87. The van der Waals surface area contributed by atoms with Crippen LogP contribution in [0.2, 0.25) is 0 Å². The van der Waals surface area contributed by atoms with Crippen molar-refractivity contribution in [2.45, 2.75) is 38.8 Å². The summed E-state index contributed by atoms with van der Waals surface area (Å²) < 4.78 is 0. The monoisotopic (exact) mass is 232 g/mol. The van der Waals surface area contributed by atoms with E-state index in [1.54, 1.807) is 0 Å². The van der Waals surface area contributed by atoms with Gasteiger partial charge in [0.05, 0.1) is 0 Å². The van der Waals surface area contributed by atoms with Crippen molar-refractivity contribution in [3.05, 3.63) is 35.9 Å². The highest BCUT2D eigenvalue weighted by Gasteiger charge is 2.26. The van der Waals surface area contributed by atoms with Crippen LogP contribution in [0.5, 0.6) is 0 Å². The zero-order valence-electron chi connectivity index (χ0n) is 11.0. The largest absolute Gasteiger partial charge is 0.307 e. The topological polar surface area (TPSA) is 15.3 Å². The minimum absolute atomic E-state index is 0.505. The van der Waals surface area contributed by atoms with Crippen LogP contribution in [-0.4, -0.2) is 30.6 Å². The number of hydrogen-bond acceptors (Lipinski definition) is 2. The summed E-state index contributed by atoms with van der Waals surface area (Å²) >= 11 is 0. The fourth-order valence-electron chi connectivity index (χ4n) is 2.73. The number of rotatable bonds is 4. The summed E-state index contributed by atoms with van der Waals surface area (Å²) in [7, 11) is 0. The van der Waals surface area contributed by atoms with Gasteiger partial charge in [-0.1, -0.05) is 44.2 Å². The van der Waals surface area contributed by atoms with Crippen molar-refractivity contribution in [3.8, 4) is 0 Å². The van der Waals surface area contributed by atoms with Crippen molar-refractivity contribution >= 4 is 0 Å². The van der Waals surface area contributed by atoms with E-state index in [0.29, 0.717) is 6.04 Å². The Labute approximate surface area is 105 Å². The van der Waals surface area contributed by atoms with Gasteiger partial charge in [-0.15, -0.1) is 0 Å². The molecule has 0 spiro atoms. The summed E-state index contributed by atoms with van der Waals surface area (Å²) in [6, 6.07) is 12.0. The molecule has 2 rings (SSSR count). The van der Waals surface area contributed by atoms with Gasteiger partial charge in [0.2, 0.25) is 0 Å². The quantitative estimate of drug-likeness (QED) is 0.858. The zero-order chi connectivity index (χ0) is 12.1. The number of nitrogens with zero attached hydrogens (tertiary/aromatic N) is 1. The maximum Gasteiger partial charge on any atom is 0.0449 e. The molecule has 0 bridgehead atoms. The van der Waals surface area contributed by atoms with E-state index in [-0.39, 0.29) is 0 Å². The molecule has 2 heteroatoms. The average molecular weight is 232 g/mol. The molecule has 1 aromatic rings. The van der Waals surface area contributed by atoms with Crippen LogP contribution in [0.4, 0.5) is 0 Å². The van der Waals surface area contributed by atoms with E-state index in [9.17, 15) is 0 Å². The number of nitrogens with one attached hydrogen (secondary N) is 1. The maximum atomic E-state index is 3.68. The number of hydrogen-bond donors (Lipinski definition) is 1. The lowest BCUT2D eigenvalue weighted by Crippen LogP contribution is -2.52. The second kappa shape index (κ2) is 6.18. The van der Waals surface area contributed by atoms with E-state index in [4.69, 9.17) is 0 Å². The van der Waals surface area contributed by atoms with Crippen LogP contribution < -0.4 is 5.32 Å². The molecule has 1 heterocycles. The van der Waals surface area contributed by atoms with E-state index in [1.807, 2.05) is 0 Å². The van der Waals surface area contributed by atoms with Gasteiger partial charge in [-0.3, -0.25) is 4.90 Å². The summed E-state index contributed by atoms with van der Waals surface area (Å²) in [5, 5.41) is 3.68. The summed E-state index contributed by atoms with van der Waals surface area (Å²) in [6.45, 7) is 8.06. The van der Waals surface area contributed by atoms with Crippen LogP contribution >= 0.6 is 0 Å². The number of benzene rings is 1. The predicted molar refractivity (Wildman–Crippen MR) is 73.1 cm³/mol. The maximum absolute atomic E-state index is 3.68. The molecule has 94 valence electrons. The van der Waals surface area contributed by atoms with Gasteiger partial charge in [0, 0.05) is 25.2 Å². The normalized spacial score (nSPS) is 26.0. The second-order valence-corrected chi connectivity index (χ2v) is 4.93. The van der Waals surface area contributed by atoms with Crippen LogP contribution in [-0.2, 0) is 0 Å². The Morgan fingerprint density at radius 2 is 2.00 bits per heavy atom. The highest BCUT2D eigenvalue weighted by Crippen LogP contribution is 2.21. The summed E-state index contributed by atoms with van der Waals surface area (Å²) in [6.07, 6.45) is 2.49. The van der Waals surface area contributed by atoms with Crippen molar-refractivity contribution in [1.82, 2.24) is 10.2 Å². The Kier molecular flexibility index (Phi) is 4.57. The third-order valence-corrected chi connectivity index (χ3v) is 3.72. The van der Waals surface area contributed by atoms with E-state index in [1.165, 1.54) is 24.9 Å². The van der Waals surface area contributed by atoms with Gasteiger partial charge in [0.25, 0.3) is 0 Å². The molecule has 0 saturated carbocycles. The SMILES string of the molecule is CCCN1CC(c2ccccc2)NCC1CC. The first-order valence-corrected chi connectivity index (χ1v) is 6.87. The van der Waals surface area contributed by atoms with Crippen LogP contribution in [0.3, 0.4) is 0 Å². The molecule has 1 saturated heterocycles. The lowest BCUT2D eigenvalue weighted by atomic mass is 10.0. The van der Waals surface area contributed by atoms with Crippen LogP contribution in [0.1, 0.15) is 38.3 Å². The second-order valence-electron chi connectivity index (χ2n) is 4.93. The van der Waals surface area contributed by atoms with Crippen molar-refractivity contribution < 1.29 is 0 Å².